The van der Waals surface area contributed by atoms with Crippen LogP contribution in [0.1, 0.15) is 0 Å². The first kappa shape index (κ1) is 28.5. The zero-order valence-electron chi connectivity index (χ0n) is 25.1. The second-order valence-corrected chi connectivity index (χ2v) is 11.0. The Kier molecular flexibility index (Phi) is 7.91. The summed E-state index contributed by atoms with van der Waals surface area (Å²) >= 11 is 0. The molecular formula is C42H32N2O2. The van der Waals surface area contributed by atoms with E-state index < -0.39 is 0 Å². The monoisotopic (exact) mass is 596 g/mol. The van der Waals surface area contributed by atoms with Gasteiger partial charge in [-0.05, 0) is 95.1 Å². The Labute approximate surface area is 269 Å². The van der Waals surface area contributed by atoms with Gasteiger partial charge in [-0.15, -0.1) is 0 Å². The van der Waals surface area contributed by atoms with Gasteiger partial charge in [-0.2, -0.15) is 0 Å². The van der Waals surface area contributed by atoms with Crippen LogP contribution in [0, 0.1) is 0 Å². The molecule has 0 heterocycles. The molecule has 0 atom stereocenters. The first-order valence-electron chi connectivity index (χ1n) is 15.2. The molecule has 0 fully saturated rings. The van der Waals surface area contributed by atoms with Gasteiger partial charge >= 0.3 is 0 Å². The predicted molar refractivity (Wildman–Crippen MR) is 190 cm³/mol. The highest BCUT2D eigenvalue weighted by Crippen LogP contribution is 2.43. The second-order valence-electron chi connectivity index (χ2n) is 11.0. The quantitative estimate of drug-likeness (QED) is 0.183. The van der Waals surface area contributed by atoms with Crippen LogP contribution in [0.25, 0.3) is 22.3 Å². The summed E-state index contributed by atoms with van der Waals surface area (Å²) in [6, 6.07) is 60.5. The van der Waals surface area contributed by atoms with E-state index in [-0.39, 0.29) is 11.5 Å². The summed E-state index contributed by atoms with van der Waals surface area (Å²) < 4.78 is 0. The third kappa shape index (κ3) is 5.92. The molecule has 4 heteroatoms. The predicted octanol–water partition coefficient (Wildman–Crippen LogP) is 11.4. The maximum Gasteiger partial charge on any atom is 0.117 e. The summed E-state index contributed by atoms with van der Waals surface area (Å²) in [6.45, 7) is 0. The van der Waals surface area contributed by atoms with E-state index in [1.54, 1.807) is 24.3 Å². The number of hydrogen-bond acceptors (Lipinski definition) is 4. The lowest BCUT2D eigenvalue weighted by atomic mass is 9.93. The van der Waals surface area contributed by atoms with Crippen molar-refractivity contribution in [3.8, 4) is 33.8 Å². The van der Waals surface area contributed by atoms with Gasteiger partial charge in [0.2, 0.25) is 0 Å². The molecule has 0 aliphatic heterocycles. The molecular weight excluding hydrogens is 564 g/mol. The molecule has 0 bridgehead atoms. The van der Waals surface area contributed by atoms with Gasteiger partial charge in [-0.3, -0.25) is 0 Å². The molecule has 222 valence electrons. The van der Waals surface area contributed by atoms with E-state index in [2.05, 4.69) is 101 Å². The fraction of sp³-hybridized carbons (Fsp3) is 0. The number of rotatable bonds is 8. The Hall–Kier alpha value is -6.26. The van der Waals surface area contributed by atoms with Crippen LogP contribution in [0.2, 0.25) is 0 Å². The van der Waals surface area contributed by atoms with Crippen molar-refractivity contribution in [1.82, 2.24) is 0 Å². The average molecular weight is 597 g/mol. The highest BCUT2D eigenvalue weighted by atomic mass is 16.3. The molecule has 7 rings (SSSR count). The Morgan fingerprint density at radius 2 is 0.696 bits per heavy atom. The summed E-state index contributed by atoms with van der Waals surface area (Å²) in [5.41, 5.74) is 9.95. The van der Waals surface area contributed by atoms with Crippen molar-refractivity contribution in [2.24, 2.45) is 0 Å². The minimum atomic E-state index is 0.209. The molecule has 7 aromatic carbocycles. The Morgan fingerprint density at radius 3 is 1.22 bits per heavy atom. The topological polar surface area (TPSA) is 46.9 Å². The fourth-order valence-corrected chi connectivity index (χ4v) is 5.90. The number of phenols is 2. The van der Waals surface area contributed by atoms with Gasteiger partial charge in [0.1, 0.15) is 11.5 Å². The number of hydrogen-bond donors (Lipinski definition) is 2. The third-order valence-corrected chi connectivity index (χ3v) is 7.97. The SMILES string of the molecule is Oc1cccc(N(c2ccccc2)c2cccc(-c3cc(N(c4ccccc4)c4cccc(O)c4)ccc3-c3ccccc3)c2)c1. The molecule has 0 aliphatic carbocycles. The van der Waals surface area contributed by atoms with Crippen molar-refractivity contribution in [2.45, 2.75) is 0 Å². The summed E-state index contributed by atoms with van der Waals surface area (Å²) in [4.78, 5) is 4.31. The van der Waals surface area contributed by atoms with E-state index in [9.17, 15) is 10.2 Å². The molecule has 2 N–H and O–H groups in total. The lowest BCUT2D eigenvalue weighted by molar-refractivity contribution is 0.475. The van der Waals surface area contributed by atoms with Crippen molar-refractivity contribution in [1.29, 1.82) is 0 Å². The molecule has 0 saturated heterocycles. The van der Waals surface area contributed by atoms with Gasteiger partial charge in [0.05, 0.1) is 0 Å². The molecule has 0 unspecified atom stereocenters. The summed E-state index contributed by atoms with van der Waals surface area (Å²) in [6.07, 6.45) is 0. The molecule has 0 amide bonds. The van der Waals surface area contributed by atoms with Crippen LogP contribution in [0.5, 0.6) is 11.5 Å². The van der Waals surface area contributed by atoms with Gasteiger partial charge in [-0.25, -0.2) is 0 Å². The maximum absolute atomic E-state index is 10.4. The minimum absolute atomic E-state index is 0.209. The summed E-state index contributed by atoms with van der Waals surface area (Å²) in [5.74, 6) is 0.418. The Bertz CT molecular complexity index is 2080. The molecule has 0 spiro atoms. The van der Waals surface area contributed by atoms with Gasteiger partial charge in [-0.1, -0.05) is 97.1 Å². The van der Waals surface area contributed by atoms with E-state index in [1.807, 2.05) is 66.7 Å². The maximum atomic E-state index is 10.4. The van der Waals surface area contributed by atoms with Crippen molar-refractivity contribution in [3.05, 3.63) is 182 Å². The largest absolute Gasteiger partial charge is 0.508 e. The van der Waals surface area contributed by atoms with Crippen LogP contribution in [-0.4, -0.2) is 10.2 Å². The zero-order valence-corrected chi connectivity index (χ0v) is 25.1. The van der Waals surface area contributed by atoms with E-state index in [4.69, 9.17) is 0 Å². The van der Waals surface area contributed by atoms with Crippen molar-refractivity contribution < 1.29 is 10.2 Å². The lowest BCUT2D eigenvalue weighted by Crippen LogP contribution is -2.10. The van der Waals surface area contributed by atoms with Crippen molar-refractivity contribution in [3.63, 3.8) is 0 Å². The van der Waals surface area contributed by atoms with Crippen LogP contribution < -0.4 is 9.80 Å². The number of nitrogens with zero attached hydrogens (tertiary/aromatic N) is 2. The van der Waals surface area contributed by atoms with Crippen LogP contribution in [0.4, 0.5) is 34.1 Å². The Morgan fingerprint density at radius 1 is 0.283 bits per heavy atom. The molecule has 7 aromatic rings. The van der Waals surface area contributed by atoms with Gasteiger partial charge in [0, 0.05) is 46.3 Å². The standard InChI is InChI=1S/C42H32N2O2/c45-39-23-11-21-36(28-39)43(33-16-6-2-7-17-33)35-20-10-15-32(27-35)42-30-38(25-26-41(42)31-13-4-1-5-14-31)44(34-18-8-3-9-19-34)37-22-12-24-40(46)29-37/h1-30,45-46H. The van der Waals surface area contributed by atoms with Crippen LogP contribution in [0.3, 0.4) is 0 Å². The second kappa shape index (κ2) is 12.8. The number of anilines is 6. The van der Waals surface area contributed by atoms with Gasteiger partial charge in [0.25, 0.3) is 0 Å². The van der Waals surface area contributed by atoms with Crippen molar-refractivity contribution in [2.75, 3.05) is 9.80 Å². The first-order chi connectivity index (χ1) is 22.6. The molecule has 0 saturated carbocycles. The molecule has 0 aromatic heterocycles. The van der Waals surface area contributed by atoms with E-state index in [1.165, 1.54) is 0 Å². The molecule has 46 heavy (non-hydrogen) atoms. The number of para-hydroxylation sites is 2. The summed E-state index contributed by atoms with van der Waals surface area (Å²) in [5, 5.41) is 20.8. The normalized spacial score (nSPS) is 10.8. The third-order valence-electron chi connectivity index (χ3n) is 7.97. The smallest absolute Gasteiger partial charge is 0.117 e. The van der Waals surface area contributed by atoms with Gasteiger partial charge in [0.15, 0.2) is 0 Å². The lowest BCUT2D eigenvalue weighted by Gasteiger charge is -2.28. The van der Waals surface area contributed by atoms with Crippen molar-refractivity contribution >= 4 is 34.1 Å². The first-order valence-corrected chi connectivity index (χ1v) is 15.2. The summed E-state index contributed by atoms with van der Waals surface area (Å²) in [7, 11) is 0. The Balaban J connectivity index is 1.43. The van der Waals surface area contributed by atoms with E-state index in [0.717, 1.165) is 56.4 Å². The molecule has 0 aliphatic rings. The van der Waals surface area contributed by atoms with Crippen LogP contribution >= 0.6 is 0 Å². The van der Waals surface area contributed by atoms with Crippen LogP contribution in [0.15, 0.2) is 182 Å². The van der Waals surface area contributed by atoms with Gasteiger partial charge < -0.3 is 20.0 Å². The average Bonchev–Trinajstić information content (AvgIpc) is 3.10. The highest BCUT2D eigenvalue weighted by Gasteiger charge is 2.18. The van der Waals surface area contributed by atoms with E-state index >= 15 is 0 Å². The molecule has 0 radical (unpaired) electrons. The fourth-order valence-electron chi connectivity index (χ4n) is 5.90. The zero-order chi connectivity index (χ0) is 31.3. The number of aromatic hydroxyl groups is 2. The van der Waals surface area contributed by atoms with E-state index in [0.29, 0.717) is 0 Å². The molecule has 4 nitrogen and oxygen atoms in total. The highest BCUT2D eigenvalue weighted by molar-refractivity contribution is 5.90. The van der Waals surface area contributed by atoms with Crippen LogP contribution in [-0.2, 0) is 0 Å². The minimum Gasteiger partial charge on any atom is -0.508 e. The number of benzene rings is 7. The number of phenolic OH excluding ortho intramolecular Hbond substituents is 2.